The van der Waals surface area contributed by atoms with Crippen molar-refractivity contribution in [2.75, 3.05) is 26.2 Å². The standard InChI is InChI=1S/C13H17FN2O2/c14-10-3-4-12(18-8-5-15)11(9-10)13(17)16-6-1-2-7-16/h3-4,9H,1-2,5-8,15H2. The first-order valence-electron chi connectivity index (χ1n) is 6.14. The van der Waals surface area contributed by atoms with Gasteiger partial charge < -0.3 is 15.4 Å². The van der Waals surface area contributed by atoms with E-state index in [9.17, 15) is 9.18 Å². The fraction of sp³-hybridized carbons (Fsp3) is 0.462. The number of carbonyl (C=O) groups excluding carboxylic acids is 1. The minimum absolute atomic E-state index is 0.168. The minimum atomic E-state index is -0.433. The lowest BCUT2D eigenvalue weighted by molar-refractivity contribution is 0.0788. The summed E-state index contributed by atoms with van der Waals surface area (Å²) >= 11 is 0. The van der Waals surface area contributed by atoms with E-state index < -0.39 is 5.82 Å². The van der Waals surface area contributed by atoms with Gasteiger partial charge in [-0.3, -0.25) is 4.79 Å². The van der Waals surface area contributed by atoms with E-state index in [0.717, 1.165) is 25.9 Å². The zero-order chi connectivity index (χ0) is 13.0. The normalized spacial score (nSPS) is 14.9. The highest BCUT2D eigenvalue weighted by molar-refractivity contribution is 5.97. The summed E-state index contributed by atoms with van der Waals surface area (Å²) in [5.41, 5.74) is 5.64. The van der Waals surface area contributed by atoms with Gasteiger partial charge >= 0.3 is 0 Å². The van der Waals surface area contributed by atoms with Crippen LogP contribution in [0.1, 0.15) is 23.2 Å². The van der Waals surface area contributed by atoms with E-state index in [4.69, 9.17) is 10.5 Å². The molecule has 1 aliphatic heterocycles. The molecule has 0 unspecified atom stereocenters. The Labute approximate surface area is 106 Å². The first kappa shape index (κ1) is 12.8. The monoisotopic (exact) mass is 252 g/mol. The maximum absolute atomic E-state index is 13.3. The second-order valence-electron chi connectivity index (χ2n) is 4.28. The van der Waals surface area contributed by atoms with Crippen LogP contribution in [0.25, 0.3) is 0 Å². The number of likely N-dealkylation sites (tertiary alicyclic amines) is 1. The molecular weight excluding hydrogens is 235 g/mol. The molecular formula is C13H17FN2O2. The van der Waals surface area contributed by atoms with E-state index in [1.54, 1.807) is 4.90 Å². The Morgan fingerprint density at radius 2 is 2.11 bits per heavy atom. The van der Waals surface area contributed by atoms with Crippen LogP contribution in [-0.2, 0) is 0 Å². The van der Waals surface area contributed by atoms with Gasteiger partial charge in [-0.1, -0.05) is 0 Å². The highest BCUT2D eigenvalue weighted by Crippen LogP contribution is 2.23. The molecule has 1 amide bonds. The molecule has 1 fully saturated rings. The van der Waals surface area contributed by atoms with Crippen LogP contribution in [0.2, 0.25) is 0 Å². The second-order valence-corrected chi connectivity index (χ2v) is 4.28. The van der Waals surface area contributed by atoms with Gasteiger partial charge in [-0.25, -0.2) is 4.39 Å². The Hall–Kier alpha value is -1.62. The molecule has 0 radical (unpaired) electrons. The van der Waals surface area contributed by atoms with Gasteiger partial charge in [0.05, 0.1) is 5.56 Å². The van der Waals surface area contributed by atoms with Crippen molar-refractivity contribution >= 4 is 5.91 Å². The Morgan fingerprint density at radius 1 is 1.39 bits per heavy atom. The van der Waals surface area contributed by atoms with Crippen molar-refractivity contribution in [1.29, 1.82) is 0 Å². The van der Waals surface area contributed by atoms with Gasteiger partial charge in [-0.05, 0) is 31.0 Å². The summed E-state index contributed by atoms with van der Waals surface area (Å²) in [5, 5.41) is 0. The molecule has 1 aliphatic rings. The van der Waals surface area contributed by atoms with Gasteiger partial charge in [0.15, 0.2) is 0 Å². The largest absolute Gasteiger partial charge is 0.491 e. The lowest BCUT2D eigenvalue weighted by Crippen LogP contribution is -2.28. The number of ether oxygens (including phenoxy) is 1. The van der Waals surface area contributed by atoms with Gasteiger partial charge in [0.1, 0.15) is 18.2 Å². The molecule has 2 rings (SSSR count). The molecule has 0 saturated carbocycles. The molecule has 2 N–H and O–H groups in total. The molecule has 0 aliphatic carbocycles. The first-order chi connectivity index (χ1) is 8.72. The number of rotatable bonds is 4. The molecule has 1 heterocycles. The predicted octanol–water partition coefficient (Wildman–Crippen LogP) is 1.40. The Morgan fingerprint density at radius 3 is 2.78 bits per heavy atom. The van der Waals surface area contributed by atoms with E-state index in [1.807, 2.05) is 0 Å². The van der Waals surface area contributed by atoms with E-state index >= 15 is 0 Å². The van der Waals surface area contributed by atoms with Gasteiger partial charge in [-0.2, -0.15) is 0 Å². The summed E-state index contributed by atoms with van der Waals surface area (Å²) in [5.74, 6) is -0.199. The van der Waals surface area contributed by atoms with Gasteiger partial charge in [-0.15, -0.1) is 0 Å². The van der Waals surface area contributed by atoms with Crippen molar-refractivity contribution in [3.63, 3.8) is 0 Å². The third-order valence-electron chi connectivity index (χ3n) is 2.94. The van der Waals surface area contributed by atoms with Crippen LogP contribution < -0.4 is 10.5 Å². The number of nitrogens with two attached hydrogens (primary N) is 1. The fourth-order valence-corrected chi connectivity index (χ4v) is 2.05. The minimum Gasteiger partial charge on any atom is -0.491 e. The quantitative estimate of drug-likeness (QED) is 0.881. The van der Waals surface area contributed by atoms with Crippen LogP contribution in [0.5, 0.6) is 5.75 Å². The van der Waals surface area contributed by atoms with E-state index in [1.165, 1.54) is 18.2 Å². The zero-order valence-corrected chi connectivity index (χ0v) is 10.2. The Bertz CT molecular complexity index is 431. The molecule has 0 bridgehead atoms. The molecule has 0 atom stereocenters. The highest BCUT2D eigenvalue weighted by Gasteiger charge is 2.23. The topological polar surface area (TPSA) is 55.6 Å². The van der Waals surface area contributed by atoms with Crippen LogP contribution in [0.15, 0.2) is 18.2 Å². The molecule has 1 aromatic carbocycles. The third-order valence-corrected chi connectivity index (χ3v) is 2.94. The molecule has 4 nitrogen and oxygen atoms in total. The fourth-order valence-electron chi connectivity index (χ4n) is 2.05. The SMILES string of the molecule is NCCOc1ccc(F)cc1C(=O)N1CCCC1. The van der Waals surface area contributed by atoms with Crippen LogP contribution in [-0.4, -0.2) is 37.0 Å². The van der Waals surface area contributed by atoms with E-state index in [-0.39, 0.29) is 11.5 Å². The summed E-state index contributed by atoms with van der Waals surface area (Å²) in [6.45, 7) is 2.12. The predicted molar refractivity (Wildman–Crippen MR) is 66.1 cm³/mol. The Balaban J connectivity index is 2.22. The van der Waals surface area contributed by atoms with Gasteiger partial charge in [0, 0.05) is 19.6 Å². The van der Waals surface area contributed by atoms with Crippen molar-refractivity contribution in [2.45, 2.75) is 12.8 Å². The van der Waals surface area contributed by atoms with E-state index in [0.29, 0.717) is 18.9 Å². The summed E-state index contributed by atoms with van der Waals surface area (Å²) in [7, 11) is 0. The molecule has 18 heavy (non-hydrogen) atoms. The number of benzene rings is 1. The van der Waals surface area contributed by atoms with Crippen molar-refractivity contribution in [1.82, 2.24) is 4.90 Å². The van der Waals surface area contributed by atoms with Crippen LogP contribution in [0.4, 0.5) is 4.39 Å². The van der Waals surface area contributed by atoms with Crippen molar-refractivity contribution in [3.05, 3.63) is 29.6 Å². The van der Waals surface area contributed by atoms with E-state index in [2.05, 4.69) is 0 Å². The second kappa shape index (κ2) is 5.82. The number of nitrogens with zero attached hydrogens (tertiary/aromatic N) is 1. The van der Waals surface area contributed by atoms with Crippen molar-refractivity contribution in [2.24, 2.45) is 5.73 Å². The number of amides is 1. The van der Waals surface area contributed by atoms with Gasteiger partial charge in [0.2, 0.25) is 0 Å². The number of carbonyl (C=O) groups is 1. The molecule has 0 aromatic heterocycles. The van der Waals surface area contributed by atoms with Crippen LogP contribution in [0, 0.1) is 5.82 Å². The Kier molecular flexibility index (Phi) is 4.15. The van der Waals surface area contributed by atoms with Crippen molar-refractivity contribution < 1.29 is 13.9 Å². The smallest absolute Gasteiger partial charge is 0.257 e. The number of halogens is 1. The maximum atomic E-state index is 13.3. The van der Waals surface area contributed by atoms with Gasteiger partial charge in [0.25, 0.3) is 5.91 Å². The highest BCUT2D eigenvalue weighted by atomic mass is 19.1. The summed E-state index contributed by atoms with van der Waals surface area (Å²) in [6.07, 6.45) is 2.00. The lowest BCUT2D eigenvalue weighted by atomic mass is 10.1. The summed E-state index contributed by atoms with van der Waals surface area (Å²) < 4.78 is 18.6. The molecule has 98 valence electrons. The average molecular weight is 252 g/mol. The van der Waals surface area contributed by atoms with Crippen LogP contribution >= 0.6 is 0 Å². The average Bonchev–Trinajstić information content (AvgIpc) is 2.90. The molecule has 5 heteroatoms. The third kappa shape index (κ3) is 2.79. The maximum Gasteiger partial charge on any atom is 0.257 e. The number of hydrogen-bond acceptors (Lipinski definition) is 3. The molecule has 1 aromatic rings. The summed E-state index contributed by atoms with van der Waals surface area (Å²) in [6, 6.07) is 3.99. The number of hydrogen-bond donors (Lipinski definition) is 1. The summed E-state index contributed by atoms with van der Waals surface area (Å²) in [4.78, 5) is 14.0. The molecule has 1 saturated heterocycles. The molecule has 0 spiro atoms. The first-order valence-corrected chi connectivity index (χ1v) is 6.14. The van der Waals surface area contributed by atoms with Crippen LogP contribution in [0.3, 0.4) is 0 Å². The zero-order valence-electron chi connectivity index (χ0n) is 10.2. The lowest BCUT2D eigenvalue weighted by Gasteiger charge is -2.17. The van der Waals surface area contributed by atoms with Crippen molar-refractivity contribution in [3.8, 4) is 5.75 Å².